The lowest BCUT2D eigenvalue weighted by Gasteiger charge is -2.34. The van der Waals surface area contributed by atoms with Crippen LogP contribution in [-0.2, 0) is 10.2 Å². The lowest BCUT2D eigenvalue weighted by molar-refractivity contribution is 0.150. The third-order valence-electron chi connectivity index (χ3n) is 5.63. The van der Waals surface area contributed by atoms with Gasteiger partial charge in [-0.3, -0.25) is 4.99 Å². The van der Waals surface area contributed by atoms with E-state index in [4.69, 9.17) is 9.73 Å². The molecule has 0 aliphatic carbocycles. The van der Waals surface area contributed by atoms with Crippen LogP contribution in [0, 0.1) is 5.92 Å². The molecular weight excluding hydrogens is 356 g/mol. The molecule has 1 atom stereocenters. The van der Waals surface area contributed by atoms with Gasteiger partial charge < -0.3 is 20.3 Å². The fourth-order valence-corrected chi connectivity index (χ4v) is 4.73. The molecule has 0 saturated carbocycles. The Morgan fingerprint density at radius 2 is 2.15 bits per heavy atom. The van der Waals surface area contributed by atoms with Crippen LogP contribution < -0.4 is 10.6 Å². The number of thiophene rings is 1. The summed E-state index contributed by atoms with van der Waals surface area (Å²) in [5.74, 6) is 1.71. The Morgan fingerprint density at radius 3 is 2.78 bits per heavy atom. The SMILES string of the molecule is CCNC(=NCC(C)(C)c1cccs1)NC1CCN(CC2CCOC2)CC1. The standard InChI is InChI=1S/C21H36N4OS/c1-4-22-20(23-16-21(2,3)19-6-5-13-27-19)24-18-7-10-25(11-8-18)14-17-9-12-26-15-17/h5-6,13,17-18H,4,7-12,14-16H2,1-3H3,(H2,22,23,24). The Bertz CT molecular complexity index is 573. The topological polar surface area (TPSA) is 48.9 Å². The molecule has 2 fully saturated rings. The van der Waals surface area contributed by atoms with E-state index in [1.165, 1.54) is 43.8 Å². The lowest BCUT2D eigenvalue weighted by Crippen LogP contribution is -2.49. The Kier molecular flexibility index (Phi) is 7.56. The Balaban J connectivity index is 1.48. The van der Waals surface area contributed by atoms with E-state index < -0.39 is 0 Å². The van der Waals surface area contributed by atoms with E-state index in [0.717, 1.165) is 38.2 Å². The molecule has 0 radical (unpaired) electrons. The Labute approximate surface area is 168 Å². The highest BCUT2D eigenvalue weighted by Gasteiger charge is 2.25. The van der Waals surface area contributed by atoms with Crippen molar-refractivity contribution in [3.8, 4) is 0 Å². The molecule has 27 heavy (non-hydrogen) atoms. The van der Waals surface area contributed by atoms with E-state index >= 15 is 0 Å². The highest BCUT2D eigenvalue weighted by Crippen LogP contribution is 2.27. The van der Waals surface area contributed by atoms with Crippen molar-refractivity contribution < 1.29 is 4.74 Å². The number of rotatable bonds is 7. The number of piperidine rings is 1. The largest absolute Gasteiger partial charge is 0.381 e. The fourth-order valence-electron chi connectivity index (χ4n) is 3.88. The van der Waals surface area contributed by atoms with Crippen molar-refractivity contribution in [3.05, 3.63) is 22.4 Å². The molecule has 2 aliphatic rings. The number of aliphatic imine (C=N–C) groups is 1. The molecule has 0 amide bonds. The number of nitrogens with one attached hydrogen (secondary N) is 2. The summed E-state index contributed by atoms with van der Waals surface area (Å²) in [7, 11) is 0. The second-order valence-corrected chi connectivity index (χ2v) is 9.45. The predicted molar refractivity (Wildman–Crippen MR) is 115 cm³/mol. The van der Waals surface area contributed by atoms with E-state index in [1.54, 1.807) is 0 Å². The van der Waals surface area contributed by atoms with Gasteiger partial charge in [-0.1, -0.05) is 19.9 Å². The maximum atomic E-state index is 5.52. The zero-order chi connectivity index (χ0) is 19.1. The van der Waals surface area contributed by atoms with E-state index in [2.05, 4.69) is 53.8 Å². The summed E-state index contributed by atoms with van der Waals surface area (Å²) < 4.78 is 5.52. The number of guanidine groups is 1. The maximum absolute atomic E-state index is 5.52. The average Bonchev–Trinajstić information content (AvgIpc) is 3.36. The van der Waals surface area contributed by atoms with E-state index in [0.29, 0.717) is 6.04 Å². The van der Waals surface area contributed by atoms with Crippen LogP contribution in [-0.4, -0.2) is 62.8 Å². The monoisotopic (exact) mass is 392 g/mol. The summed E-state index contributed by atoms with van der Waals surface area (Å²) in [6, 6.07) is 4.86. The minimum absolute atomic E-state index is 0.0727. The summed E-state index contributed by atoms with van der Waals surface area (Å²) in [5, 5.41) is 9.26. The average molecular weight is 393 g/mol. The normalized spacial score (nSPS) is 22.9. The van der Waals surface area contributed by atoms with Gasteiger partial charge in [-0.05, 0) is 43.6 Å². The lowest BCUT2D eigenvalue weighted by atomic mass is 9.92. The van der Waals surface area contributed by atoms with E-state index in [1.807, 2.05) is 11.3 Å². The summed E-state index contributed by atoms with van der Waals surface area (Å²) in [6.45, 7) is 13.8. The molecule has 1 aromatic rings. The first-order valence-electron chi connectivity index (χ1n) is 10.5. The quantitative estimate of drug-likeness (QED) is 0.553. The van der Waals surface area contributed by atoms with Crippen LogP contribution in [0.5, 0.6) is 0 Å². The molecule has 5 nitrogen and oxygen atoms in total. The van der Waals surface area contributed by atoms with Gasteiger partial charge in [-0.15, -0.1) is 11.3 Å². The van der Waals surface area contributed by atoms with Crippen molar-refractivity contribution in [2.24, 2.45) is 10.9 Å². The van der Waals surface area contributed by atoms with Gasteiger partial charge in [0.2, 0.25) is 0 Å². The maximum Gasteiger partial charge on any atom is 0.191 e. The molecule has 0 aromatic carbocycles. The van der Waals surface area contributed by atoms with Crippen LogP contribution in [0.1, 0.15) is 44.9 Å². The number of likely N-dealkylation sites (tertiary alicyclic amines) is 1. The number of nitrogens with zero attached hydrogens (tertiary/aromatic N) is 2. The van der Waals surface area contributed by atoms with Crippen molar-refractivity contribution in [2.75, 3.05) is 45.9 Å². The van der Waals surface area contributed by atoms with Crippen molar-refractivity contribution in [3.63, 3.8) is 0 Å². The van der Waals surface area contributed by atoms with Gasteiger partial charge in [-0.25, -0.2) is 0 Å². The number of ether oxygens (including phenoxy) is 1. The first kappa shape index (κ1) is 20.6. The zero-order valence-electron chi connectivity index (χ0n) is 17.2. The molecular formula is C21H36N4OS. The van der Waals surface area contributed by atoms with E-state index in [-0.39, 0.29) is 5.41 Å². The molecule has 0 spiro atoms. The minimum atomic E-state index is 0.0727. The summed E-state index contributed by atoms with van der Waals surface area (Å²) in [4.78, 5) is 8.92. The third-order valence-corrected chi connectivity index (χ3v) is 6.87. The minimum Gasteiger partial charge on any atom is -0.381 e. The van der Waals surface area contributed by atoms with Crippen LogP contribution in [0.2, 0.25) is 0 Å². The van der Waals surface area contributed by atoms with Crippen LogP contribution in [0.4, 0.5) is 0 Å². The summed E-state index contributed by atoms with van der Waals surface area (Å²) in [6.07, 6.45) is 3.61. The first-order valence-corrected chi connectivity index (χ1v) is 11.3. The second-order valence-electron chi connectivity index (χ2n) is 8.51. The predicted octanol–water partition coefficient (Wildman–Crippen LogP) is 3.08. The van der Waals surface area contributed by atoms with Gasteiger partial charge in [0.1, 0.15) is 0 Å². The van der Waals surface area contributed by atoms with Gasteiger partial charge in [0.05, 0.1) is 13.2 Å². The Hall–Kier alpha value is -1.11. The molecule has 1 aromatic heterocycles. The van der Waals surface area contributed by atoms with Gasteiger partial charge in [-0.2, -0.15) is 0 Å². The summed E-state index contributed by atoms with van der Waals surface area (Å²) >= 11 is 1.82. The van der Waals surface area contributed by atoms with Crippen LogP contribution >= 0.6 is 11.3 Å². The number of hydrogen-bond acceptors (Lipinski definition) is 4. The molecule has 2 aliphatic heterocycles. The zero-order valence-corrected chi connectivity index (χ0v) is 18.0. The smallest absolute Gasteiger partial charge is 0.191 e. The second kappa shape index (κ2) is 9.89. The molecule has 2 N–H and O–H groups in total. The highest BCUT2D eigenvalue weighted by molar-refractivity contribution is 7.10. The molecule has 0 bridgehead atoms. The molecule has 1 unspecified atom stereocenters. The molecule has 6 heteroatoms. The van der Waals surface area contributed by atoms with Crippen molar-refractivity contribution >= 4 is 17.3 Å². The van der Waals surface area contributed by atoms with Crippen LogP contribution in [0.15, 0.2) is 22.5 Å². The number of hydrogen-bond donors (Lipinski definition) is 2. The van der Waals surface area contributed by atoms with Crippen LogP contribution in [0.25, 0.3) is 0 Å². The Morgan fingerprint density at radius 1 is 1.33 bits per heavy atom. The molecule has 152 valence electrons. The van der Waals surface area contributed by atoms with Gasteiger partial charge >= 0.3 is 0 Å². The first-order chi connectivity index (χ1) is 13.1. The van der Waals surface area contributed by atoms with E-state index in [9.17, 15) is 0 Å². The highest BCUT2D eigenvalue weighted by atomic mass is 32.1. The van der Waals surface area contributed by atoms with Gasteiger partial charge in [0, 0.05) is 49.1 Å². The fraction of sp³-hybridized carbons (Fsp3) is 0.762. The molecule has 3 heterocycles. The van der Waals surface area contributed by atoms with Crippen molar-refractivity contribution in [2.45, 2.75) is 51.5 Å². The van der Waals surface area contributed by atoms with Crippen molar-refractivity contribution in [1.29, 1.82) is 0 Å². The van der Waals surface area contributed by atoms with Crippen molar-refractivity contribution in [1.82, 2.24) is 15.5 Å². The third kappa shape index (κ3) is 6.19. The summed E-state index contributed by atoms with van der Waals surface area (Å²) in [5.41, 5.74) is 0.0727. The van der Waals surface area contributed by atoms with Crippen LogP contribution in [0.3, 0.4) is 0 Å². The van der Waals surface area contributed by atoms with Gasteiger partial charge in [0.15, 0.2) is 5.96 Å². The van der Waals surface area contributed by atoms with Gasteiger partial charge in [0.25, 0.3) is 0 Å². The molecule has 3 rings (SSSR count). The molecule has 2 saturated heterocycles.